The van der Waals surface area contributed by atoms with E-state index >= 15 is 0 Å². The number of nitrogens with two attached hydrogens (primary N) is 1. The molecule has 1 aromatic rings. The smallest absolute Gasteiger partial charge is 0.352 e. The molecule has 0 radical (unpaired) electrons. The molecule has 2 atom stereocenters. The summed E-state index contributed by atoms with van der Waals surface area (Å²) in [6.07, 6.45) is 0. The number of nitrogens with zero attached hydrogens (tertiary/aromatic N) is 3. The number of carbonyl (C=O) groups is 3. The van der Waals surface area contributed by atoms with Gasteiger partial charge in [0.05, 0.1) is 0 Å². The number of carboxylic acid groups (broad SMARTS) is 1. The molecule has 2 aliphatic rings. The molecule has 1 fully saturated rings. The molecule has 1 saturated heterocycles. The summed E-state index contributed by atoms with van der Waals surface area (Å²) in [6.45, 7) is 1.67. The highest BCUT2D eigenvalue weighted by Crippen LogP contribution is 2.40. The second-order valence-electron chi connectivity index (χ2n) is 5.49. The summed E-state index contributed by atoms with van der Waals surface area (Å²) < 4.78 is 0. The highest BCUT2D eigenvalue weighted by molar-refractivity contribution is 8.00. The lowest BCUT2D eigenvalue weighted by Crippen LogP contribution is -2.71. The quantitative estimate of drug-likeness (QED) is 0.353. The third-order valence-corrected chi connectivity index (χ3v) is 5.91. The molecule has 0 spiro atoms. The van der Waals surface area contributed by atoms with Gasteiger partial charge in [-0.3, -0.25) is 14.5 Å². The first-order chi connectivity index (χ1) is 12.3. The molecular formula is C14H15N5O5S2. The Bertz CT molecular complexity index is 849. The first-order valence-electron chi connectivity index (χ1n) is 7.36. The number of nitrogens with one attached hydrogen (secondary N) is 1. The molecule has 2 amide bonds. The maximum Gasteiger partial charge on any atom is 0.352 e. The van der Waals surface area contributed by atoms with E-state index in [9.17, 15) is 19.5 Å². The van der Waals surface area contributed by atoms with Crippen LogP contribution in [0.2, 0.25) is 0 Å². The van der Waals surface area contributed by atoms with E-state index in [1.807, 2.05) is 0 Å². The van der Waals surface area contributed by atoms with Gasteiger partial charge in [0.1, 0.15) is 29.9 Å². The van der Waals surface area contributed by atoms with Gasteiger partial charge in [0.25, 0.3) is 11.8 Å². The van der Waals surface area contributed by atoms with Crippen LogP contribution in [0, 0.1) is 0 Å². The van der Waals surface area contributed by atoms with Crippen molar-refractivity contribution in [2.75, 3.05) is 18.6 Å². The van der Waals surface area contributed by atoms with Gasteiger partial charge in [-0.25, -0.2) is 9.78 Å². The minimum absolute atomic E-state index is 0.0256. The van der Waals surface area contributed by atoms with Crippen LogP contribution in [-0.2, 0) is 19.2 Å². The highest BCUT2D eigenvalue weighted by Gasteiger charge is 2.54. The number of hydrogen-bond acceptors (Lipinski definition) is 9. The van der Waals surface area contributed by atoms with Gasteiger partial charge in [-0.2, -0.15) is 0 Å². The van der Waals surface area contributed by atoms with Gasteiger partial charge >= 0.3 is 5.97 Å². The lowest BCUT2D eigenvalue weighted by molar-refractivity contribution is -0.150. The summed E-state index contributed by atoms with van der Waals surface area (Å²) in [6, 6.07) is -0.854. The van der Waals surface area contributed by atoms with Gasteiger partial charge in [-0.05, 0) is 12.5 Å². The first-order valence-corrected chi connectivity index (χ1v) is 9.29. The predicted octanol–water partition coefficient (Wildman–Crippen LogP) is -0.166. The summed E-state index contributed by atoms with van der Waals surface area (Å²) in [5, 5.41) is 16.9. The van der Waals surface area contributed by atoms with Gasteiger partial charge in [0.15, 0.2) is 10.8 Å². The van der Waals surface area contributed by atoms with Crippen LogP contribution in [0.1, 0.15) is 12.6 Å². The number of oxime groups is 1. The number of β-lactam (4-membered cyclic amide) rings is 1. The number of nitrogen functional groups attached to an aromatic ring is 1. The number of hydrogen-bond donors (Lipinski definition) is 3. The number of aromatic nitrogens is 1. The van der Waals surface area contributed by atoms with Crippen molar-refractivity contribution in [2.45, 2.75) is 18.3 Å². The van der Waals surface area contributed by atoms with Crippen molar-refractivity contribution in [1.82, 2.24) is 15.2 Å². The number of thiazole rings is 1. The van der Waals surface area contributed by atoms with Gasteiger partial charge in [0.2, 0.25) is 0 Å². The average Bonchev–Trinajstić information content (AvgIpc) is 3.02. The number of aliphatic carboxylic acids is 1. The molecule has 26 heavy (non-hydrogen) atoms. The van der Waals surface area contributed by atoms with Crippen molar-refractivity contribution in [3.05, 3.63) is 22.3 Å². The number of thioether (sulfide) groups is 1. The van der Waals surface area contributed by atoms with Crippen LogP contribution in [0.5, 0.6) is 0 Å². The fourth-order valence-corrected chi connectivity index (χ4v) is 4.52. The van der Waals surface area contributed by atoms with Crippen molar-refractivity contribution in [3.8, 4) is 0 Å². The van der Waals surface area contributed by atoms with Crippen LogP contribution in [-0.4, -0.2) is 62.8 Å². The zero-order valence-corrected chi connectivity index (χ0v) is 15.4. The van der Waals surface area contributed by atoms with E-state index in [0.29, 0.717) is 11.3 Å². The number of amides is 2. The predicted molar refractivity (Wildman–Crippen MR) is 95.4 cm³/mol. The van der Waals surface area contributed by atoms with E-state index in [1.165, 1.54) is 23.8 Å². The fourth-order valence-electron chi connectivity index (χ4n) is 2.68. The minimum atomic E-state index is -1.16. The maximum absolute atomic E-state index is 12.5. The lowest BCUT2D eigenvalue weighted by Gasteiger charge is -2.49. The Morgan fingerprint density at radius 3 is 2.85 bits per heavy atom. The number of anilines is 1. The molecule has 138 valence electrons. The third-order valence-electron chi connectivity index (χ3n) is 3.81. The Balaban J connectivity index is 1.78. The maximum atomic E-state index is 12.5. The Morgan fingerprint density at radius 2 is 2.27 bits per heavy atom. The van der Waals surface area contributed by atoms with Crippen molar-refractivity contribution >= 4 is 51.7 Å². The molecule has 12 heteroatoms. The van der Waals surface area contributed by atoms with Crippen LogP contribution in [0.15, 0.2) is 21.8 Å². The average molecular weight is 397 g/mol. The molecule has 2 aliphatic heterocycles. The SMILES string of the molecule is CO/N=C(\C(=O)NC1C(=O)N2C(C(=O)O)=C(C)CS[C@H]12)c1csc(N)n1. The van der Waals surface area contributed by atoms with Gasteiger partial charge in [-0.15, -0.1) is 23.1 Å². The zero-order valence-electron chi connectivity index (χ0n) is 13.8. The van der Waals surface area contributed by atoms with E-state index in [2.05, 4.69) is 20.3 Å². The highest BCUT2D eigenvalue weighted by atomic mass is 32.2. The molecule has 0 bridgehead atoms. The van der Waals surface area contributed by atoms with Crippen molar-refractivity contribution in [2.24, 2.45) is 5.16 Å². The molecule has 4 N–H and O–H groups in total. The third kappa shape index (κ3) is 3.01. The summed E-state index contributed by atoms with van der Waals surface area (Å²) >= 11 is 2.52. The molecule has 0 aromatic carbocycles. The summed E-state index contributed by atoms with van der Waals surface area (Å²) in [7, 11) is 1.28. The van der Waals surface area contributed by atoms with E-state index in [-0.39, 0.29) is 22.2 Å². The van der Waals surface area contributed by atoms with Crippen LogP contribution < -0.4 is 11.1 Å². The molecule has 0 aliphatic carbocycles. The molecular weight excluding hydrogens is 382 g/mol. The van der Waals surface area contributed by atoms with Gasteiger partial charge in [-0.1, -0.05) is 5.16 Å². The zero-order chi connectivity index (χ0) is 19.0. The number of carbonyl (C=O) groups excluding carboxylic acids is 2. The molecule has 10 nitrogen and oxygen atoms in total. The van der Waals surface area contributed by atoms with Crippen LogP contribution in [0.25, 0.3) is 0 Å². The monoisotopic (exact) mass is 397 g/mol. The minimum Gasteiger partial charge on any atom is -0.477 e. The normalized spacial score (nSPS) is 22.6. The first kappa shape index (κ1) is 18.2. The fraction of sp³-hybridized carbons (Fsp3) is 0.357. The molecule has 3 heterocycles. The van der Waals surface area contributed by atoms with Crippen molar-refractivity contribution in [3.63, 3.8) is 0 Å². The van der Waals surface area contributed by atoms with Gasteiger partial charge in [0, 0.05) is 11.1 Å². The molecule has 0 saturated carbocycles. The molecule has 3 rings (SSSR count). The number of fused-ring (bicyclic) bond motifs is 1. The largest absolute Gasteiger partial charge is 0.477 e. The van der Waals surface area contributed by atoms with Crippen LogP contribution in [0.4, 0.5) is 5.13 Å². The Labute approximate surface area is 156 Å². The number of carboxylic acids is 1. The van der Waals surface area contributed by atoms with Crippen LogP contribution in [0.3, 0.4) is 0 Å². The van der Waals surface area contributed by atoms with E-state index < -0.39 is 29.2 Å². The van der Waals surface area contributed by atoms with E-state index in [1.54, 1.807) is 12.3 Å². The van der Waals surface area contributed by atoms with Gasteiger partial charge < -0.3 is 21.0 Å². The molecule has 1 aromatic heterocycles. The van der Waals surface area contributed by atoms with Crippen LogP contribution >= 0.6 is 23.1 Å². The summed E-state index contributed by atoms with van der Waals surface area (Å²) in [5.74, 6) is -1.84. The standard InChI is InChI=1S/C14H15N5O5S2/c1-5-3-25-12-8(11(21)19(12)9(5)13(22)23)17-10(20)7(18-24-2)6-4-26-14(15)16-6/h4,8,12H,3H2,1-2H3,(H2,15,16)(H,17,20)(H,22,23)/b18-7-/t8?,12-/m1/s1. The van der Waals surface area contributed by atoms with Crippen molar-refractivity contribution < 1.29 is 24.3 Å². The second-order valence-corrected chi connectivity index (χ2v) is 7.48. The number of rotatable bonds is 5. The Morgan fingerprint density at radius 1 is 1.54 bits per heavy atom. The second kappa shape index (κ2) is 6.96. The Kier molecular flexibility index (Phi) is 4.87. The van der Waals surface area contributed by atoms with E-state index in [4.69, 9.17) is 5.73 Å². The molecule has 1 unspecified atom stereocenters. The van der Waals surface area contributed by atoms with E-state index in [0.717, 1.165) is 11.3 Å². The summed E-state index contributed by atoms with van der Waals surface area (Å²) in [5.41, 5.74) is 6.27. The Hall–Kier alpha value is -2.60. The topological polar surface area (TPSA) is 147 Å². The van der Waals surface area contributed by atoms with Crippen molar-refractivity contribution in [1.29, 1.82) is 0 Å². The summed E-state index contributed by atoms with van der Waals surface area (Å²) in [4.78, 5) is 46.2. The lowest BCUT2D eigenvalue weighted by atomic mass is 10.0.